The summed E-state index contributed by atoms with van der Waals surface area (Å²) in [6.45, 7) is 3.01. The fourth-order valence-corrected chi connectivity index (χ4v) is 1.75. The van der Waals surface area contributed by atoms with Gasteiger partial charge in [0, 0.05) is 12.7 Å². The molecule has 4 heteroatoms. The number of amides is 1. The van der Waals surface area contributed by atoms with E-state index in [1.165, 1.54) is 12.8 Å². The molecule has 0 aliphatic rings. The quantitative estimate of drug-likeness (QED) is 0.617. The Balaban J connectivity index is 2.85. The molecule has 1 heterocycles. The van der Waals surface area contributed by atoms with Crippen LogP contribution in [0.15, 0.2) is 18.3 Å². The number of hydrogen-bond acceptors (Lipinski definition) is 2. The number of carbonyl (C=O) groups is 1. The molecule has 1 aromatic rings. The van der Waals surface area contributed by atoms with Gasteiger partial charge in [0.2, 0.25) is 0 Å². The second-order valence-corrected chi connectivity index (χ2v) is 3.88. The molecule has 0 saturated heterocycles. The van der Waals surface area contributed by atoms with Crippen LogP contribution in [0, 0.1) is 4.64 Å². The Hall–Kier alpha value is -1.16. The number of hydrogen-bond donors (Lipinski definition) is 1. The highest BCUT2D eigenvalue weighted by molar-refractivity contribution is 7.71. The van der Waals surface area contributed by atoms with Crippen molar-refractivity contribution in [2.75, 3.05) is 0 Å². The van der Waals surface area contributed by atoms with Crippen molar-refractivity contribution in [2.24, 2.45) is 5.73 Å². The first kappa shape index (κ1) is 11.9. The Morgan fingerprint density at radius 2 is 2.27 bits per heavy atom. The number of aromatic nitrogens is 1. The van der Waals surface area contributed by atoms with Crippen molar-refractivity contribution < 1.29 is 4.79 Å². The fourth-order valence-electron chi connectivity index (χ4n) is 1.43. The van der Waals surface area contributed by atoms with Crippen LogP contribution in [-0.2, 0) is 6.54 Å². The summed E-state index contributed by atoms with van der Waals surface area (Å²) in [6.07, 6.45) is 5.31. The van der Waals surface area contributed by atoms with Crippen LogP contribution in [0.1, 0.15) is 36.5 Å². The van der Waals surface area contributed by atoms with E-state index < -0.39 is 5.91 Å². The second-order valence-electron chi connectivity index (χ2n) is 3.49. The third-order valence-corrected chi connectivity index (χ3v) is 2.74. The van der Waals surface area contributed by atoms with Crippen LogP contribution in [0.5, 0.6) is 0 Å². The number of nitrogens with zero attached hydrogens (tertiary/aromatic N) is 1. The summed E-state index contributed by atoms with van der Waals surface area (Å²) in [7, 11) is 0. The number of primary amides is 1. The minimum Gasteiger partial charge on any atom is -0.366 e. The summed E-state index contributed by atoms with van der Waals surface area (Å²) in [5.41, 5.74) is 5.65. The van der Waals surface area contributed by atoms with Gasteiger partial charge in [0.05, 0.1) is 5.56 Å². The highest BCUT2D eigenvalue weighted by Gasteiger charge is 2.04. The van der Waals surface area contributed by atoms with E-state index in [2.05, 4.69) is 6.92 Å². The summed E-state index contributed by atoms with van der Waals surface area (Å²) in [5.74, 6) is -0.454. The molecule has 0 spiro atoms. The molecule has 0 unspecified atom stereocenters. The van der Waals surface area contributed by atoms with Crippen LogP contribution < -0.4 is 5.73 Å². The van der Waals surface area contributed by atoms with Gasteiger partial charge in [-0.1, -0.05) is 32.0 Å². The lowest BCUT2D eigenvalue weighted by atomic mass is 10.2. The lowest BCUT2D eigenvalue weighted by Crippen LogP contribution is -2.14. The van der Waals surface area contributed by atoms with Gasteiger partial charge in [-0.25, -0.2) is 0 Å². The molecule has 0 radical (unpaired) electrons. The Labute approximate surface area is 94.9 Å². The Bertz CT molecular complexity index is 398. The molecule has 1 aromatic heterocycles. The lowest BCUT2D eigenvalue weighted by molar-refractivity contribution is 0.0999. The number of unbranched alkanes of at least 4 members (excludes halogenated alkanes) is 2. The van der Waals surface area contributed by atoms with Crippen molar-refractivity contribution in [3.63, 3.8) is 0 Å². The van der Waals surface area contributed by atoms with E-state index in [1.807, 2.05) is 16.8 Å². The zero-order valence-electron chi connectivity index (χ0n) is 8.90. The first-order valence-corrected chi connectivity index (χ1v) is 5.57. The predicted molar refractivity (Wildman–Crippen MR) is 63.3 cm³/mol. The van der Waals surface area contributed by atoms with Crippen LogP contribution in [0.4, 0.5) is 0 Å². The fraction of sp³-hybridized carbons (Fsp3) is 0.455. The van der Waals surface area contributed by atoms with Gasteiger partial charge in [0.15, 0.2) is 0 Å². The maximum Gasteiger partial charge on any atom is 0.251 e. The van der Waals surface area contributed by atoms with Crippen molar-refractivity contribution in [1.29, 1.82) is 0 Å². The van der Waals surface area contributed by atoms with E-state index in [0.717, 1.165) is 13.0 Å². The van der Waals surface area contributed by atoms with Gasteiger partial charge in [-0.05, 0) is 18.6 Å². The van der Waals surface area contributed by atoms with Gasteiger partial charge in [-0.3, -0.25) is 4.79 Å². The van der Waals surface area contributed by atoms with Crippen LogP contribution in [0.25, 0.3) is 0 Å². The average molecular weight is 224 g/mol. The maximum absolute atomic E-state index is 11.0. The summed E-state index contributed by atoms with van der Waals surface area (Å²) in [6, 6.07) is 3.48. The van der Waals surface area contributed by atoms with Crippen molar-refractivity contribution in [3.8, 4) is 0 Å². The SMILES string of the molecule is CCCCCn1cccc(C(N)=O)c1=S. The van der Waals surface area contributed by atoms with E-state index in [1.54, 1.807) is 6.07 Å². The van der Waals surface area contributed by atoms with E-state index in [0.29, 0.717) is 10.2 Å². The normalized spacial score (nSPS) is 10.2. The third-order valence-electron chi connectivity index (χ3n) is 2.29. The topological polar surface area (TPSA) is 48.0 Å². The molecule has 3 nitrogen and oxygen atoms in total. The lowest BCUT2D eigenvalue weighted by Gasteiger charge is -2.07. The first-order valence-electron chi connectivity index (χ1n) is 5.16. The summed E-state index contributed by atoms with van der Waals surface area (Å²) < 4.78 is 2.45. The third kappa shape index (κ3) is 3.16. The minimum atomic E-state index is -0.454. The number of carbonyl (C=O) groups excluding carboxylic acids is 1. The monoisotopic (exact) mass is 224 g/mol. The molecule has 0 bridgehead atoms. The van der Waals surface area contributed by atoms with Crippen molar-refractivity contribution in [3.05, 3.63) is 28.5 Å². The smallest absolute Gasteiger partial charge is 0.251 e. The Morgan fingerprint density at radius 1 is 1.53 bits per heavy atom. The largest absolute Gasteiger partial charge is 0.366 e. The number of rotatable bonds is 5. The van der Waals surface area contributed by atoms with Crippen LogP contribution in [0.3, 0.4) is 0 Å². The second kappa shape index (κ2) is 5.66. The average Bonchev–Trinajstić information content (AvgIpc) is 2.20. The Kier molecular flexibility index (Phi) is 4.49. The standard InChI is InChI=1S/C11H16N2OS/c1-2-3-4-7-13-8-5-6-9(10(12)14)11(13)15/h5-6,8H,2-4,7H2,1H3,(H2,12,14). The van der Waals surface area contributed by atoms with Gasteiger partial charge >= 0.3 is 0 Å². The van der Waals surface area contributed by atoms with Gasteiger partial charge in [0.1, 0.15) is 4.64 Å². The van der Waals surface area contributed by atoms with Crippen LogP contribution in [0.2, 0.25) is 0 Å². The van der Waals surface area contributed by atoms with E-state index in [4.69, 9.17) is 18.0 Å². The molecule has 0 atom stereocenters. The highest BCUT2D eigenvalue weighted by Crippen LogP contribution is 2.05. The molecule has 0 aliphatic carbocycles. The van der Waals surface area contributed by atoms with Crippen molar-refractivity contribution in [2.45, 2.75) is 32.7 Å². The van der Waals surface area contributed by atoms with Crippen LogP contribution in [-0.4, -0.2) is 10.5 Å². The van der Waals surface area contributed by atoms with Crippen molar-refractivity contribution >= 4 is 18.1 Å². The zero-order valence-corrected chi connectivity index (χ0v) is 9.72. The predicted octanol–water partition coefficient (Wildman–Crippen LogP) is 2.51. The van der Waals surface area contributed by atoms with E-state index in [9.17, 15) is 4.79 Å². The molecule has 2 N–H and O–H groups in total. The molecule has 1 rings (SSSR count). The summed E-state index contributed by atoms with van der Waals surface area (Å²) >= 11 is 5.18. The van der Waals surface area contributed by atoms with Gasteiger partial charge in [0.25, 0.3) is 5.91 Å². The molecule has 1 amide bonds. The number of nitrogens with two attached hydrogens (primary N) is 1. The minimum absolute atomic E-state index is 0.434. The van der Waals surface area contributed by atoms with Crippen LogP contribution >= 0.6 is 12.2 Å². The molecule has 15 heavy (non-hydrogen) atoms. The maximum atomic E-state index is 11.0. The zero-order chi connectivity index (χ0) is 11.3. The molecule has 0 fully saturated rings. The van der Waals surface area contributed by atoms with Gasteiger partial charge in [-0.2, -0.15) is 0 Å². The summed E-state index contributed by atoms with van der Waals surface area (Å²) in [5, 5.41) is 0. The van der Waals surface area contributed by atoms with Gasteiger partial charge < -0.3 is 10.3 Å². The highest BCUT2D eigenvalue weighted by atomic mass is 32.1. The molecule has 0 aromatic carbocycles. The summed E-state index contributed by atoms with van der Waals surface area (Å²) in [4.78, 5) is 11.0. The molecular weight excluding hydrogens is 208 g/mol. The molecule has 82 valence electrons. The van der Waals surface area contributed by atoms with Crippen molar-refractivity contribution in [1.82, 2.24) is 4.57 Å². The molecule has 0 saturated carbocycles. The van der Waals surface area contributed by atoms with Gasteiger partial charge in [-0.15, -0.1) is 0 Å². The Morgan fingerprint density at radius 3 is 2.87 bits per heavy atom. The first-order chi connectivity index (χ1) is 7.16. The van der Waals surface area contributed by atoms with E-state index in [-0.39, 0.29) is 0 Å². The number of pyridine rings is 1. The number of aryl methyl sites for hydroxylation is 1. The molecule has 0 aliphatic heterocycles. The van der Waals surface area contributed by atoms with E-state index >= 15 is 0 Å². The molecular formula is C11H16N2OS.